The number of nitrogens with zero attached hydrogens (tertiary/aromatic N) is 5. The zero-order chi connectivity index (χ0) is 28.8. The van der Waals surface area contributed by atoms with Gasteiger partial charge < -0.3 is 33.8 Å². The zero-order valence-corrected chi connectivity index (χ0v) is 23.6. The number of fused-ring (bicyclic) bond motifs is 1. The molecule has 0 saturated carbocycles. The van der Waals surface area contributed by atoms with Gasteiger partial charge in [-0.25, -0.2) is 14.2 Å². The number of amides is 3. The van der Waals surface area contributed by atoms with Crippen molar-refractivity contribution in [3.05, 3.63) is 29.8 Å². The molecule has 1 N–H and O–H groups in total. The van der Waals surface area contributed by atoms with Gasteiger partial charge in [0.05, 0.1) is 30.7 Å². The van der Waals surface area contributed by atoms with Gasteiger partial charge in [0, 0.05) is 53.0 Å². The van der Waals surface area contributed by atoms with E-state index in [1.807, 2.05) is 13.8 Å². The van der Waals surface area contributed by atoms with Gasteiger partial charge in [-0.05, 0) is 37.3 Å². The molecule has 0 aliphatic carbocycles. The number of methoxy groups -OCH3 is 1. The molecule has 0 unspecified atom stereocenters. The maximum atomic E-state index is 14.8. The Bertz CT molecular complexity index is 1200. The molecule has 2 aliphatic heterocycles. The quantitative estimate of drug-likeness (QED) is 0.443. The molecule has 11 nitrogen and oxygen atoms in total. The number of benzene rings is 1. The average molecular weight is 562 g/mol. The normalized spacial score (nSPS) is 19.8. The SMILES string of the molecule is COCCCCn1c(C(=O)N(CC(C)C)[C@H]2C[C@@H](C(=O)N3CCOCC3)CN(C(=O)O)C2)nc2c(F)cccc21. The summed E-state index contributed by atoms with van der Waals surface area (Å²) in [6.07, 6.45) is 0.665. The first-order valence-corrected chi connectivity index (χ1v) is 14.0. The molecule has 2 saturated heterocycles. The number of imidazole rings is 1. The number of hydrogen-bond donors (Lipinski definition) is 1. The molecular weight excluding hydrogens is 521 g/mol. The second kappa shape index (κ2) is 13.4. The molecule has 4 rings (SSSR count). The third kappa shape index (κ3) is 6.72. The number of halogens is 1. The molecule has 2 fully saturated rings. The fourth-order valence-electron chi connectivity index (χ4n) is 5.61. The Kier molecular flexibility index (Phi) is 9.96. The summed E-state index contributed by atoms with van der Waals surface area (Å²) in [5.41, 5.74) is 0.653. The van der Waals surface area contributed by atoms with Crippen molar-refractivity contribution in [3.8, 4) is 0 Å². The lowest BCUT2D eigenvalue weighted by molar-refractivity contribution is -0.142. The Balaban J connectivity index is 1.67. The Morgan fingerprint density at radius 3 is 2.60 bits per heavy atom. The number of likely N-dealkylation sites (tertiary alicyclic amines) is 1. The van der Waals surface area contributed by atoms with Crippen molar-refractivity contribution >= 4 is 28.9 Å². The second-order valence-corrected chi connectivity index (χ2v) is 11.0. The molecule has 3 heterocycles. The maximum Gasteiger partial charge on any atom is 0.407 e. The predicted octanol–water partition coefficient (Wildman–Crippen LogP) is 2.93. The number of aromatic nitrogens is 2. The van der Waals surface area contributed by atoms with Gasteiger partial charge in [-0.15, -0.1) is 0 Å². The number of carbonyl (C=O) groups is 3. The fourth-order valence-corrected chi connectivity index (χ4v) is 5.61. The number of aryl methyl sites for hydroxylation is 1. The molecule has 1 aromatic carbocycles. The molecule has 0 spiro atoms. The van der Waals surface area contributed by atoms with Crippen LogP contribution < -0.4 is 0 Å². The van der Waals surface area contributed by atoms with Gasteiger partial charge in [-0.1, -0.05) is 19.9 Å². The topological polar surface area (TPSA) is 117 Å². The molecule has 2 aromatic rings. The minimum Gasteiger partial charge on any atom is -0.465 e. The number of morpholine rings is 1. The molecule has 0 bridgehead atoms. The van der Waals surface area contributed by atoms with Crippen LogP contribution in [0.3, 0.4) is 0 Å². The highest BCUT2D eigenvalue weighted by molar-refractivity contribution is 5.95. The van der Waals surface area contributed by atoms with Gasteiger partial charge >= 0.3 is 6.09 Å². The molecule has 40 heavy (non-hydrogen) atoms. The Hall–Kier alpha value is -3.25. The third-order valence-electron chi connectivity index (χ3n) is 7.54. The number of ether oxygens (including phenoxy) is 2. The summed E-state index contributed by atoms with van der Waals surface area (Å²) in [7, 11) is 1.63. The van der Waals surface area contributed by atoms with E-state index in [1.54, 1.807) is 33.6 Å². The summed E-state index contributed by atoms with van der Waals surface area (Å²) in [4.78, 5) is 48.8. The second-order valence-electron chi connectivity index (χ2n) is 11.0. The van der Waals surface area contributed by atoms with E-state index < -0.39 is 29.8 Å². The number of unbranched alkanes of at least 4 members (excludes halogenated alkanes) is 1. The van der Waals surface area contributed by atoms with E-state index in [1.165, 1.54) is 11.0 Å². The Morgan fingerprint density at radius 2 is 1.93 bits per heavy atom. The largest absolute Gasteiger partial charge is 0.465 e. The lowest BCUT2D eigenvalue weighted by Crippen LogP contribution is -2.58. The minimum absolute atomic E-state index is 0.0637. The van der Waals surface area contributed by atoms with E-state index in [0.717, 1.165) is 6.42 Å². The van der Waals surface area contributed by atoms with Gasteiger partial charge in [0.2, 0.25) is 5.91 Å². The molecule has 3 amide bonds. The van der Waals surface area contributed by atoms with Crippen molar-refractivity contribution in [3.63, 3.8) is 0 Å². The van der Waals surface area contributed by atoms with Gasteiger partial charge in [-0.3, -0.25) is 9.59 Å². The predicted molar refractivity (Wildman–Crippen MR) is 146 cm³/mol. The van der Waals surface area contributed by atoms with Crippen LogP contribution in [0.5, 0.6) is 0 Å². The Morgan fingerprint density at radius 1 is 1.18 bits per heavy atom. The first kappa shape index (κ1) is 29.7. The lowest BCUT2D eigenvalue weighted by Gasteiger charge is -2.43. The lowest BCUT2D eigenvalue weighted by atomic mass is 9.91. The summed E-state index contributed by atoms with van der Waals surface area (Å²) in [5.74, 6) is -1.44. The van der Waals surface area contributed by atoms with Crippen LogP contribution in [-0.2, 0) is 20.8 Å². The van der Waals surface area contributed by atoms with Gasteiger partial charge in [0.25, 0.3) is 5.91 Å². The Labute approximate surface area is 233 Å². The highest BCUT2D eigenvalue weighted by Gasteiger charge is 2.41. The number of carbonyl (C=O) groups excluding carboxylic acids is 2. The molecular formula is C28H40FN5O6. The van der Waals surface area contributed by atoms with Gasteiger partial charge in [-0.2, -0.15) is 0 Å². The van der Waals surface area contributed by atoms with E-state index >= 15 is 0 Å². The van der Waals surface area contributed by atoms with Crippen molar-refractivity contribution in [2.75, 3.05) is 59.7 Å². The maximum absolute atomic E-state index is 14.8. The number of piperidine rings is 1. The van der Waals surface area contributed by atoms with Crippen LogP contribution in [0, 0.1) is 17.7 Å². The molecule has 0 radical (unpaired) electrons. The van der Waals surface area contributed by atoms with E-state index in [-0.39, 0.29) is 36.3 Å². The molecule has 2 aliphatic rings. The van der Waals surface area contributed by atoms with Crippen molar-refractivity contribution in [2.24, 2.45) is 11.8 Å². The highest BCUT2D eigenvalue weighted by atomic mass is 19.1. The number of carboxylic acid groups (broad SMARTS) is 1. The third-order valence-corrected chi connectivity index (χ3v) is 7.54. The number of para-hydroxylation sites is 1. The molecule has 12 heteroatoms. The van der Waals surface area contributed by atoms with Crippen LogP contribution in [0.25, 0.3) is 11.0 Å². The fraction of sp³-hybridized carbons (Fsp3) is 0.643. The summed E-state index contributed by atoms with van der Waals surface area (Å²) in [6.45, 7) is 7.27. The van der Waals surface area contributed by atoms with E-state index in [4.69, 9.17) is 9.47 Å². The van der Waals surface area contributed by atoms with Crippen LogP contribution in [0.15, 0.2) is 18.2 Å². The number of rotatable bonds is 10. The minimum atomic E-state index is -1.13. The molecule has 1 aromatic heterocycles. The van der Waals surface area contributed by atoms with Gasteiger partial charge in [0.1, 0.15) is 5.52 Å². The van der Waals surface area contributed by atoms with Crippen LogP contribution in [0.2, 0.25) is 0 Å². The van der Waals surface area contributed by atoms with E-state index in [0.29, 0.717) is 64.4 Å². The molecule has 2 atom stereocenters. The summed E-state index contributed by atoms with van der Waals surface area (Å²) < 4.78 is 27.0. The van der Waals surface area contributed by atoms with Crippen molar-refractivity contribution in [1.82, 2.24) is 24.3 Å². The van der Waals surface area contributed by atoms with E-state index in [2.05, 4.69) is 4.98 Å². The summed E-state index contributed by atoms with van der Waals surface area (Å²) >= 11 is 0. The first-order chi connectivity index (χ1) is 19.2. The van der Waals surface area contributed by atoms with Crippen molar-refractivity contribution in [1.29, 1.82) is 0 Å². The zero-order valence-electron chi connectivity index (χ0n) is 23.6. The average Bonchev–Trinajstić information content (AvgIpc) is 3.33. The van der Waals surface area contributed by atoms with Crippen LogP contribution >= 0.6 is 0 Å². The monoisotopic (exact) mass is 561 g/mol. The van der Waals surface area contributed by atoms with Gasteiger partial charge in [0.15, 0.2) is 11.6 Å². The standard InChI is InChI=1S/C28H40FN5O6/c1-19(2)16-34(21-15-20(17-32(18-21)28(37)38)26(35)31-10-13-40-14-11-31)27(36)25-30-24-22(29)7-6-8-23(24)33(25)9-4-5-12-39-3/h6-8,19-21H,4-5,9-18H2,1-3H3,(H,37,38)/t20-,21+/m1/s1. The number of hydrogen-bond acceptors (Lipinski definition) is 6. The summed E-state index contributed by atoms with van der Waals surface area (Å²) in [6, 6.07) is 4.12. The van der Waals surface area contributed by atoms with Crippen molar-refractivity contribution < 1.29 is 33.4 Å². The van der Waals surface area contributed by atoms with Crippen molar-refractivity contribution in [2.45, 2.75) is 45.7 Å². The van der Waals surface area contributed by atoms with Crippen LogP contribution in [0.1, 0.15) is 43.7 Å². The van der Waals surface area contributed by atoms with E-state index in [9.17, 15) is 23.9 Å². The highest BCUT2D eigenvalue weighted by Crippen LogP contribution is 2.27. The summed E-state index contributed by atoms with van der Waals surface area (Å²) in [5, 5.41) is 9.91. The first-order valence-electron chi connectivity index (χ1n) is 14.0. The van der Waals surface area contributed by atoms with Crippen LogP contribution in [0.4, 0.5) is 9.18 Å². The van der Waals surface area contributed by atoms with Crippen LogP contribution in [-0.4, -0.2) is 113 Å². The smallest absolute Gasteiger partial charge is 0.407 e. The molecule has 220 valence electrons.